The van der Waals surface area contributed by atoms with Crippen molar-refractivity contribution in [1.82, 2.24) is 5.32 Å². The predicted molar refractivity (Wildman–Crippen MR) is 78.6 cm³/mol. The molecule has 1 aromatic carbocycles. The molecule has 1 unspecified atom stereocenters. The van der Waals surface area contributed by atoms with E-state index in [4.69, 9.17) is 5.11 Å². The van der Waals surface area contributed by atoms with E-state index >= 15 is 0 Å². The Hall–Kier alpha value is -1.88. The molecule has 3 N–H and O–H groups in total. The number of hydrogen-bond donors (Lipinski definition) is 3. The molecule has 0 aliphatic rings. The lowest BCUT2D eigenvalue weighted by molar-refractivity contribution is -0.116. The molecule has 5 heteroatoms. The molecule has 0 bridgehead atoms. The molecule has 0 radical (unpaired) electrons. The summed E-state index contributed by atoms with van der Waals surface area (Å²) in [6.07, 6.45) is 1.06. The Morgan fingerprint density at radius 2 is 2.10 bits per heavy atom. The fraction of sp³-hybridized carbons (Fsp3) is 0.467. The number of benzene rings is 1. The van der Waals surface area contributed by atoms with Crippen molar-refractivity contribution in [2.24, 2.45) is 0 Å². The summed E-state index contributed by atoms with van der Waals surface area (Å²) in [4.78, 5) is 23.4. The van der Waals surface area contributed by atoms with Crippen LogP contribution < -0.4 is 10.6 Å². The zero-order valence-electron chi connectivity index (χ0n) is 12.0. The molecule has 2 amide bonds. The summed E-state index contributed by atoms with van der Waals surface area (Å²) >= 11 is 0. The lowest BCUT2D eigenvalue weighted by Gasteiger charge is -2.08. The highest BCUT2D eigenvalue weighted by Gasteiger charge is 2.08. The highest BCUT2D eigenvalue weighted by atomic mass is 16.3. The van der Waals surface area contributed by atoms with E-state index in [9.17, 15) is 9.59 Å². The number of aliphatic hydroxyl groups is 1. The highest BCUT2D eigenvalue weighted by Crippen LogP contribution is 2.11. The predicted octanol–water partition coefficient (Wildman–Crippen LogP) is 1.93. The smallest absolute Gasteiger partial charge is 0.251 e. The average molecular weight is 278 g/mol. The van der Waals surface area contributed by atoms with Crippen LogP contribution in [-0.4, -0.2) is 29.6 Å². The number of amides is 2. The molecule has 5 nitrogen and oxygen atoms in total. The van der Waals surface area contributed by atoms with Gasteiger partial charge in [0.15, 0.2) is 0 Å². The molecule has 0 aliphatic carbocycles. The first-order chi connectivity index (χ1) is 9.52. The molecule has 110 valence electrons. The summed E-state index contributed by atoms with van der Waals surface area (Å²) in [7, 11) is 0. The molecule has 20 heavy (non-hydrogen) atoms. The van der Waals surface area contributed by atoms with Gasteiger partial charge in [0.1, 0.15) is 0 Å². The van der Waals surface area contributed by atoms with Gasteiger partial charge in [0.2, 0.25) is 5.91 Å². The van der Waals surface area contributed by atoms with Gasteiger partial charge in [-0.15, -0.1) is 0 Å². The first-order valence-electron chi connectivity index (χ1n) is 6.89. The van der Waals surface area contributed by atoms with Crippen LogP contribution in [0.2, 0.25) is 0 Å². The first-order valence-corrected chi connectivity index (χ1v) is 6.89. The van der Waals surface area contributed by atoms with Gasteiger partial charge in [0.05, 0.1) is 6.10 Å². The monoisotopic (exact) mass is 278 g/mol. The van der Waals surface area contributed by atoms with E-state index in [1.807, 2.05) is 6.92 Å². The third-order valence-electron chi connectivity index (χ3n) is 2.73. The number of rotatable bonds is 7. The number of aliphatic hydroxyl groups excluding tert-OH is 1. The van der Waals surface area contributed by atoms with Crippen LogP contribution in [0.1, 0.15) is 43.5 Å². The van der Waals surface area contributed by atoms with E-state index in [-0.39, 0.29) is 18.2 Å². The van der Waals surface area contributed by atoms with Crippen LogP contribution in [0.5, 0.6) is 0 Å². The van der Waals surface area contributed by atoms with Crippen LogP contribution in [0.3, 0.4) is 0 Å². The number of nitrogens with one attached hydrogen (secondary N) is 2. The van der Waals surface area contributed by atoms with E-state index in [1.165, 1.54) is 0 Å². The molecule has 0 spiro atoms. The first kappa shape index (κ1) is 16.2. The summed E-state index contributed by atoms with van der Waals surface area (Å²) in [5.74, 6) is -0.316. The van der Waals surface area contributed by atoms with Gasteiger partial charge >= 0.3 is 0 Å². The second kappa shape index (κ2) is 8.32. The zero-order chi connectivity index (χ0) is 15.0. The molecular weight excluding hydrogens is 256 g/mol. The Morgan fingerprint density at radius 3 is 2.75 bits per heavy atom. The van der Waals surface area contributed by atoms with E-state index in [1.54, 1.807) is 31.2 Å². The van der Waals surface area contributed by atoms with E-state index in [0.717, 1.165) is 6.42 Å². The van der Waals surface area contributed by atoms with Crippen LogP contribution in [-0.2, 0) is 4.79 Å². The van der Waals surface area contributed by atoms with E-state index < -0.39 is 6.10 Å². The fourth-order valence-corrected chi connectivity index (χ4v) is 1.64. The maximum atomic E-state index is 11.8. The number of anilines is 1. The number of hydrogen-bond acceptors (Lipinski definition) is 3. The van der Waals surface area contributed by atoms with Crippen LogP contribution >= 0.6 is 0 Å². The van der Waals surface area contributed by atoms with Gasteiger partial charge in [-0.1, -0.05) is 13.0 Å². The van der Waals surface area contributed by atoms with Crippen LogP contribution in [0.4, 0.5) is 5.69 Å². The van der Waals surface area contributed by atoms with Gasteiger partial charge < -0.3 is 15.7 Å². The van der Waals surface area contributed by atoms with Crippen molar-refractivity contribution in [3.8, 4) is 0 Å². The SMILES string of the molecule is CCCNC(=O)c1cccc(NC(=O)CCC(C)O)c1. The minimum Gasteiger partial charge on any atom is -0.393 e. The molecule has 1 atom stereocenters. The minimum absolute atomic E-state index is 0.146. The van der Waals surface area contributed by atoms with Crippen molar-refractivity contribution in [3.63, 3.8) is 0 Å². The fourth-order valence-electron chi connectivity index (χ4n) is 1.64. The second-order valence-corrected chi connectivity index (χ2v) is 4.77. The van der Waals surface area contributed by atoms with Gasteiger partial charge in [0.25, 0.3) is 5.91 Å². The Morgan fingerprint density at radius 1 is 1.35 bits per heavy atom. The number of carbonyl (C=O) groups excluding carboxylic acids is 2. The summed E-state index contributed by atoms with van der Waals surface area (Å²) in [6, 6.07) is 6.81. The molecule has 1 rings (SSSR count). The largest absolute Gasteiger partial charge is 0.393 e. The third kappa shape index (κ3) is 5.84. The number of carbonyl (C=O) groups is 2. The quantitative estimate of drug-likeness (QED) is 0.713. The van der Waals surface area contributed by atoms with Crippen LogP contribution in [0.25, 0.3) is 0 Å². The van der Waals surface area contributed by atoms with Crippen molar-refractivity contribution in [2.45, 2.75) is 39.2 Å². The second-order valence-electron chi connectivity index (χ2n) is 4.77. The Balaban J connectivity index is 2.59. The molecule has 0 heterocycles. The minimum atomic E-state index is -0.494. The van der Waals surface area contributed by atoms with Crippen molar-refractivity contribution in [2.75, 3.05) is 11.9 Å². The molecular formula is C15H22N2O3. The topological polar surface area (TPSA) is 78.4 Å². The molecule has 0 fully saturated rings. The van der Waals surface area contributed by atoms with Gasteiger partial charge in [-0.25, -0.2) is 0 Å². The van der Waals surface area contributed by atoms with Crippen LogP contribution in [0.15, 0.2) is 24.3 Å². The third-order valence-corrected chi connectivity index (χ3v) is 2.73. The van der Waals surface area contributed by atoms with E-state index in [2.05, 4.69) is 10.6 Å². The average Bonchev–Trinajstić information content (AvgIpc) is 2.42. The standard InChI is InChI=1S/C15H22N2O3/c1-3-9-16-15(20)12-5-4-6-13(10-12)17-14(19)8-7-11(2)18/h4-6,10-11,18H,3,7-9H2,1-2H3,(H,16,20)(H,17,19). The summed E-state index contributed by atoms with van der Waals surface area (Å²) in [5, 5.41) is 14.6. The summed E-state index contributed by atoms with van der Waals surface area (Å²) in [6.45, 7) is 4.26. The lowest BCUT2D eigenvalue weighted by Crippen LogP contribution is -2.24. The van der Waals surface area contributed by atoms with Gasteiger partial charge in [-0.3, -0.25) is 9.59 Å². The molecule has 0 saturated heterocycles. The van der Waals surface area contributed by atoms with Crippen molar-refractivity contribution in [3.05, 3.63) is 29.8 Å². The molecule has 0 saturated carbocycles. The maximum absolute atomic E-state index is 11.8. The zero-order valence-corrected chi connectivity index (χ0v) is 12.0. The van der Waals surface area contributed by atoms with Crippen molar-refractivity contribution in [1.29, 1.82) is 0 Å². The van der Waals surface area contributed by atoms with Gasteiger partial charge in [0, 0.05) is 24.2 Å². The lowest BCUT2D eigenvalue weighted by atomic mass is 10.1. The summed E-state index contributed by atoms with van der Waals surface area (Å²) in [5.41, 5.74) is 1.11. The summed E-state index contributed by atoms with van der Waals surface area (Å²) < 4.78 is 0. The van der Waals surface area contributed by atoms with Crippen molar-refractivity contribution >= 4 is 17.5 Å². The Labute approximate surface area is 119 Å². The van der Waals surface area contributed by atoms with E-state index in [0.29, 0.717) is 24.2 Å². The normalized spacial score (nSPS) is 11.8. The molecule has 0 aliphatic heterocycles. The maximum Gasteiger partial charge on any atom is 0.251 e. The van der Waals surface area contributed by atoms with Crippen molar-refractivity contribution < 1.29 is 14.7 Å². The Bertz CT molecular complexity index is 458. The Kier molecular flexibility index (Phi) is 6.73. The highest BCUT2D eigenvalue weighted by molar-refractivity contribution is 5.97. The van der Waals surface area contributed by atoms with Gasteiger partial charge in [-0.05, 0) is 38.0 Å². The van der Waals surface area contributed by atoms with Gasteiger partial charge in [-0.2, -0.15) is 0 Å². The van der Waals surface area contributed by atoms with Crippen LogP contribution in [0, 0.1) is 0 Å². The molecule has 0 aromatic heterocycles. The molecule has 1 aromatic rings.